The van der Waals surface area contributed by atoms with Crippen LogP contribution >= 0.6 is 0 Å². The Bertz CT molecular complexity index is 583. The van der Waals surface area contributed by atoms with Crippen LogP contribution in [-0.2, 0) is 19.6 Å². The first kappa shape index (κ1) is 16.7. The number of benzene rings is 1. The zero-order valence-corrected chi connectivity index (χ0v) is 13.1. The Morgan fingerprint density at radius 1 is 1.40 bits per heavy atom. The topological polar surface area (TPSA) is 72.5 Å². The maximum atomic E-state index is 12.4. The Labute approximate surface area is 120 Å². The lowest BCUT2D eigenvalue weighted by Gasteiger charge is -2.27. The number of carbonyl (C=O) groups is 1. The predicted octanol–water partition coefficient (Wildman–Crippen LogP) is 2.01. The minimum Gasteiger partial charge on any atom is -0.468 e. The van der Waals surface area contributed by atoms with E-state index in [1.165, 1.54) is 20.1 Å². The molecular weight excluding hydrogens is 278 g/mol. The molecule has 0 radical (unpaired) electrons. The third-order valence-electron chi connectivity index (χ3n) is 3.05. The highest BCUT2D eigenvalue weighted by Crippen LogP contribution is 2.19. The van der Waals surface area contributed by atoms with Gasteiger partial charge in [-0.3, -0.25) is 4.79 Å². The number of methoxy groups -OCH3 is 1. The van der Waals surface area contributed by atoms with E-state index in [1.807, 2.05) is 19.9 Å². The van der Waals surface area contributed by atoms with Gasteiger partial charge in [0.25, 0.3) is 0 Å². The fraction of sp³-hybridized carbons (Fsp3) is 0.500. The number of hydrogen-bond donors (Lipinski definition) is 1. The average molecular weight is 299 g/mol. The minimum absolute atomic E-state index is 0.142. The number of esters is 1. The van der Waals surface area contributed by atoms with E-state index in [9.17, 15) is 13.2 Å². The molecule has 0 fully saturated rings. The van der Waals surface area contributed by atoms with Gasteiger partial charge in [0.05, 0.1) is 12.0 Å². The Morgan fingerprint density at radius 2 is 2.05 bits per heavy atom. The third kappa shape index (κ3) is 3.80. The summed E-state index contributed by atoms with van der Waals surface area (Å²) in [4.78, 5) is 12.0. The van der Waals surface area contributed by atoms with Crippen LogP contribution in [0.4, 0.5) is 0 Å². The molecule has 1 aromatic rings. The first-order valence-electron chi connectivity index (χ1n) is 6.44. The molecule has 5 nitrogen and oxygen atoms in total. The van der Waals surface area contributed by atoms with Crippen molar-refractivity contribution in [2.24, 2.45) is 0 Å². The van der Waals surface area contributed by atoms with Crippen molar-refractivity contribution in [3.8, 4) is 0 Å². The number of hydrogen-bond acceptors (Lipinski definition) is 4. The van der Waals surface area contributed by atoms with Gasteiger partial charge in [-0.15, -0.1) is 0 Å². The monoisotopic (exact) mass is 299 g/mol. The summed E-state index contributed by atoms with van der Waals surface area (Å²) < 4.78 is 31.9. The van der Waals surface area contributed by atoms with Gasteiger partial charge in [0.2, 0.25) is 10.0 Å². The maximum Gasteiger partial charge on any atom is 0.326 e. The van der Waals surface area contributed by atoms with Crippen molar-refractivity contribution in [3.05, 3.63) is 29.8 Å². The minimum atomic E-state index is -3.77. The van der Waals surface area contributed by atoms with Crippen molar-refractivity contribution in [2.45, 2.75) is 44.0 Å². The second-order valence-corrected chi connectivity index (χ2v) is 6.68. The molecule has 0 saturated heterocycles. The Morgan fingerprint density at radius 3 is 2.55 bits per heavy atom. The largest absolute Gasteiger partial charge is 0.468 e. The standard InChI is InChI=1S/C14H21NO4S/c1-5-9-14(3,13(16)19-4)15-20(17,18)12-8-6-7-11(2)10-12/h6-8,10,15H,5,9H2,1-4H3. The summed E-state index contributed by atoms with van der Waals surface area (Å²) >= 11 is 0. The van der Waals surface area contributed by atoms with Crippen LogP contribution in [-0.4, -0.2) is 27.0 Å². The van der Waals surface area contributed by atoms with Crippen molar-refractivity contribution in [3.63, 3.8) is 0 Å². The summed E-state index contributed by atoms with van der Waals surface area (Å²) in [6, 6.07) is 6.54. The lowest BCUT2D eigenvalue weighted by molar-refractivity contribution is -0.147. The van der Waals surface area contributed by atoms with Crippen LogP contribution in [0, 0.1) is 6.92 Å². The van der Waals surface area contributed by atoms with Crippen molar-refractivity contribution in [1.82, 2.24) is 4.72 Å². The van der Waals surface area contributed by atoms with Gasteiger partial charge in [-0.2, -0.15) is 4.72 Å². The highest BCUT2D eigenvalue weighted by atomic mass is 32.2. The molecule has 0 aliphatic carbocycles. The second-order valence-electron chi connectivity index (χ2n) is 5.00. The van der Waals surface area contributed by atoms with Crippen LogP contribution in [0.2, 0.25) is 0 Å². The maximum absolute atomic E-state index is 12.4. The molecule has 1 N–H and O–H groups in total. The molecular formula is C14H21NO4S. The summed E-state index contributed by atoms with van der Waals surface area (Å²) in [5.41, 5.74) is -0.422. The van der Waals surface area contributed by atoms with Crippen LogP contribution in [0.1, 0.15) is 32.3 Å². The summed E-state index contributed by atoms with van der Waals surface area (Å²) in [6.45, 7) is 5.22. The molecule has 0 bridgehead atoms. The number of ether oxygens (including phenoxy) is 1. The molecule has 0 amide bonds. The number of rotatable bonds is 6. The van der Waals surface area contributed by atoms with Crippen LogP contribution in [0.3, 0.4) is 0 Å². The number of carbonyl (C=O) groups excluding carboxylic acids is 1. The number of sulfonamides is 1. The van der Waals surface area contributed by atoms with Crippen LogP contribution in [0.5, 0.6) is 0 Å². The zero-order valence-electron chi connectivity index (χ0n) is 12.3. The second kappa shape index (κ2) is 6.37. The summed E-state index contributed by atoms with van der Waals surface area (Å²) in [6.07, 6.45) is 1.02. The van der Waals surface area contributed by atoms with E-state index in [-0.39, 0.29) is 4.90 Å². The molecule has 1 rings (SSSR count). The smallest absolute Gasteiger partial charge is 0.326 e. The number of nitrogens with one attached hydrogen (secondary N) is 1. The van der Waals surface area contributed by atoms with Crippen molar-refractivity contribution >= 4 is 16.0 Å². The molecule has 6 heteroatoms. The quantitative estimate of drug-likeness (QED) is 0.816. The predicted molar refractivity (Wildman–Crippen MR) is 76.8 cm³/mol. The van der Waals surface area contributed by atoms with Gasteiger partial charge >= 0.3 is 5.97 Å². The van der Waals surface area contributed by atoms with E-state index in [0.717, 1.165) is 5.56 Å². The van der Waals surface area contributed by atoms with E-state index in [4.69, 9.17) is 4.74 Å². The SMILES string of the molecule is CCCC(C)(NS(=O)(=O)c1cccc(C)c1)C(=O)OC. The molecule has 0 aromatic heterocycles. The summed E-state index contributed by atoms with van der Waals surface area (Å²) in [5.74, 6) is -0.587. The molecule has 1 aromatic carbocycles. The van der Waals surface area contributed by atoms with Gasteiger partial charge in [0.1, 0.15) is 5.54 Å². The lowest BCUT2D eigenvalue weighted by Crippen LogP contribution is -2.52. The molecule has 0 aliphatic rings. The lowest BCUT2D eigenvalue weighted by atomic mass is 9.98. The molecule has 112 valence electrons. The molecule has 1 unspecified atom stereocenters. The van der Waals surface area contributed by atoms with Crippen LogP contribution < -0.4 is 4.72 Å². The highest BCUT2D eigenvalue weighted by Gasteiger charge is 2.38. The zero-order chi connectivity index (χ0) is 15.4. The van der Waals surface area contributed by atoms with Crippen molar-refractivity contribution in [1.29, 1.82) is 0 Å². The number of aryl methyl sites for hydroxylation is 1. The van der Waals surface area contributed by atoms with Crippen molar-refractivity contribution < 1.29 is 17.9 Å². The molecule has 0 spiro atoms. The highest BCUT2D eigenvalue weighted by molar-refractivity contribution is 7.89. The van der Waals surface area contributed by atoms with Crippen LogP contribution in [0.15, 0.2) is 29.2 Å². The fourth-order valence-electron chi connectivity index (χ4n) is 2.06. The molecule has 0 saturated carbocycles. The summed E-state index contributed by atoms with van der Waals surface area (Å²) in [7, 11) is -2.52. The van der Waals surface area contributed by atoms with E-state index in [1.54, 1.807) is 12.1 Å². The van der Waals surface area contributed by atoms with Gasteiger partial charge < -0.3 is 4.74 Å². The van der Waals surface area contributed by atoms with E-state index < -0.39 is 21.5 Å². The van der Waals surface area contributed by atoms with Gasteiger partial charge in [-0.05, 0) is 38.0 Å². The Hall–Kier alpha value is -1.40. The van der Waals surface area contributed by atoms with Gasteiger partial charge in [-0.25, -0.2) is 8.42 Å². The Kier molecular flexibility index (Phi) is 5.30. The van der Waals surface area contributed by atoms with Gasteiger partial charge in [-0.1, -0.05) is 25.5 Å². The van der Waals surface area contributed by atoms with Gasteiger partial charge in [0, 0.05) is 0 Å². The first-order chi connectivity index (χ1) is 9.25. The summed E-state index contributed by atoms with van der Waals surface area (Å²) in [5, 5.41) is 0. The molecule has 0 heterocycles. The average Bonchev–Trinajstić information content (AvgIpc) is 2.37. The van der Waals surface area contributed by atoms with E-state index in [2.05, 4.69) is 4.72 Å². The first-order valence-corrected chi connectivity index (χ1v) is 7.92. The van der Waals surface area contributed by atoms with Crippen molar-refractivity contribution in [2.75, 3.05) is 7.11 Å². The van der Waals surface area contributed by atoms with Crippen LogP contribution in [0.25, 0.3) is 0 Å². The van der Waals surface area contributed by atoms with Gasteiger partial charge in [0.15, 0.2) is 0 Å². The van der Waals surface area contributed by atoms with E-state index in [0.29, 0.717) is 12.8 Å². The molecule has 1 atom stereocenters. The molecule has 0 aliphatic heterocycles. The Balaban J connectivity index is 3.13. The van der Waals surface area contributed by atoms with E-state index >= 15 is 0 Å². The molecule has 20 heavy (non-hydrogen) atoms. The normalized spacial score (nSPS) is 14.6. The fourth-order valence-corrected chi connectivity index (χ4v) is 3.55. The third-order valence-corrected chi connectivity index (χ3v) is 4.64.